The van der Waals surface area contributed by atoms with Crippen molar-refractivity contribution in [3.8, 4) is 56.3 Å². The molecule has 0 saturated heterocycles. The molecule has 4 radical (unpaired) electrons. The van der Waals surface area contributed by atoms with Gasteiger partial charge < -0.3 is 20.3 Å². The number of aromatic carboxylic acids is 1. The molecule has 0 bridgehead atoms. The molecule has 0 saturated carbocycles. The number of hydrogen-bond acceptors (Lipinski definition) is 9. The van der Waals surface area contributed by atoms with Crippen molar-refractivity contribution in [2.45, 2.75) is 201 Å². The Kier molecular flexibility index (Phi) is 36.6. The van der Waals surface area contributed by atoms with Gasteiger partial charge in [-0.05, 0) is 182 Å². The van der Waals surface area contributed by atoms with Gasteiger partial charge in [0.15, 0.2) is 0 Å². The minimum absolute atomic E-state index is 0. The second-order valence-electron chi connectivity index (χ2n) is 34.6. The number of aryl methyl sites for hydroxylation is 13. The number of rotatable bonds is 10. The monoisotopic (exact) mass is 2380 g/mol. The maximum absolute atomic E-state index is 10.1. The third-order valence-electron chi connectivity index (χ3n) is 23.1. The van der Waals surface area contributed by atoms with Crippen LogP contribution in [0.15, 0.2) is 206 Å². The van der Waals surface area contributed by atoms with Crippen LogP contribution in [0.5, 0.6) is 0 Å². The van der Waals surface area contributed by atoms with E-state index in [1.165, 1.54) is 180 Å². The fourth-order valence-corrected chi connectivity index (χ4v) is 17.7. The van der Waals surface area contributed by atoms with Gasteiger partial charge in [0.05, 0.1) is 33.9 Å². The van der Waals surface area contributed by atoms with Gasteiger partial charge in [0.25, 0.3) is 0 Å². The van der Waals surface area contributed by atoms with Crippen LogP contribution in [-0.4, -0.2) is 57.3 Å². The summed E-state index contributed by atoms with van der Waals surface area (Å²) < 4.78 is 0. The summed E-state index contributed by atoms with van der Waals surface area (Å²) in [6, 6.07) is 80.5. The molecule has 1 unspecified atom stereocenters. The fourth-order valence-electron chi connectivity index (χ4n) is 17.7. The molecule has 4 aliphatic rings. The second kappa shape index (κ2) is 46.0. The Bertz CT molecular complexity index is 5930. The van der Waals surface area contributed by atoms with Crippen LogP contribution in [0.3, 0.4) is 0 Å². The number of carboxylic acid groups (broad SMARTS) is 1. The molecule has 15 aromatic rings. The first-order valence-corrected chi connectivity index (χ1v) is 43.5. The van der Waals surface area contributed by atoms with E-state index < -0.39 is 12.1 Å². The zero-order valence-electron chi connectivity index (χ0n) is 75.6. The zero-order chi connectivity index (χ0) is 86.6. The molecule has 10 nitrogen and oxygen atoms in total. The van der Waals surface area contributed by atoms with E-state index >= 15 is 0 Å². The number of benzene rings is 9. The molecular weight excluding hydrogens is 2260 g/mol. The smallest absolute Gasteiger partial charge is 0.354 e. The van der Waals surface area contributed by atoms with Gasteiger partial charge in [0, 0.05) is 114 Å². The molecule has 0 fully saturated rings. The molecular formula is C112H115Ir4N6O4-5. The normalized spacial score (nSPS) is 12.3. The second-order valence-corrected chi connectivity index (χ2v) is 34.6. The standard InChI is InChI=1S/3C23H24N.C21H20N.C11H8N.C6H5NO2.C5H10O2.4Ir/c3*1-14(2)10-17-6-5-7-22-20(17)13-18-8-9-19-16(4)11-15(3)12-21(19)23(18)24-22;1-4-15-6-5-7-20-18(15)12-16-8-9-17-14(3)10-13(2)11-19(17)21(16)22-20;1-2-6-10(7-3-1)11-8-4-5-9-12-11;8-6(9)5-3-1-2-4-7-5;1-4(6)3-5(2)7;;;;/h3*5-7,11,13-14H,8-10H2,1-4H3;5-7,10,12H,4,8-9H2,1-3H3;1-6,8-9H;1-4H,(H,8,9);3-4,6-7H,1-2H3;;;;/q5*-1;;;;;;. The molecule has 0 spiro atoms. The first kappa shape index (κ1) is 100. The molecule has 14 heteroatoms. The first-order valence-electron chi connectivity index (χ1n) is 43.5. The maximum Gasteiger partial charge on any atom is 0.354 e. The molecule has 126 heavy (non-hydrogen) atoms. The molecule has 3 N–H and O–H groups in total. The number of hydrogen-bond donors (Lipinski definition) is 3. The number of aliphatic hydroxyl groups is 2. The number of fused-ring (bicyclic) bond motifs is 16. The van der Waals surface area contributed by atoms with Gasteiger partial charge in [-0.15, -0.1) is 173 Å². The van der Waals surface area contributed by atoms with Gasteiger partial charge >= 0.3 is 5.97 Å². The number of allylic oxidation sites excluding steroid dienone is 1. The summed E-state index contributed by atoms with van der Waals surface area (Å²) in [7, 11) is 0. The van der Waals surface area contributed by atoms with E-state index in [2.05, 4.69) is 265 Å². The first-order chi connectivity index (χ1) is 58.6. The zero-order valence-corrected chi connectivity index (χ0v) is 85.2. The molecule has 1 atom stereocenters. The van der Waals surface area contributed by atoms with Crippen molar-refractivity contribution >= 4 is 49.6 Å². The van der Waals surface area contributed by atoms with Crippen LogP contribution >= 0.6 is 0 Å². The van der Waals surface area contributed by atoms with E-state index in [0.717, 1.165) is 133 Å². The Morgan fingerprint density at radius 1 is 0.389 bits per heavy atom. The molecule has 0 amide bonds. The third kappa shape index (κ3) is 24.7. The summed E-state index contributed by atoms with van der Waals surface area (Å²) in [6.45, 7) is 36.4. The number of nitrogens with zero attached hydrogens (tertiary/aromatic N) is 6. The van der Waals surface area contributed by atoms with Gasteiger partial charge in [-0.2, -0.15) is 0 Å². The predicted molar refractivity (Wildman–Crippen MR) is 504 cm³/mol. The Balaban J connectivity index is 0.000000171. The van der Waals surface area contributed by atoms with Crippen LogP contribution in [0, 0.1) is 103 Å². The van der Waals surface area contributed by atoms with E-state index in [1.54, 1.807) is 25.3 Å². The molecule has 9 aromatic carbocycles. The van der Waals surface area contributed by atoms with Crippen LogP contribution in [-0.2, 0) is 157 Å². The van der Waals surface area contributed by atoms with Gasteiger partial charge in [0.2, 0.25) is 0 Å². The Labute approximate surface area is 801 Å². The number of carboxylic acids is 1. The van der Waals surface area contributed by atoms with Gasteiger partial charge in [-0.25, -0.2) is 9.78 Å². The third-order valence-corrected chi connectivity index (χ3v) is 23.1. The van der Waals surface area contributed by atoms with Crippen molar-refractivity contribution in [3.05, 3.63) is 354 Å². The van der Waals surface area contributed by atoms with E-state index in [1.807, 2.05) is 42.5 Å². The van der Waals surface area contributed by atoms with Crippen LogP contribution in [0.2, 0.25) is 0 Å². The van der Waals surface area contributed by atoms with E-state index in [0.29, 0.717) is 17.8 Å². The number of aromatic nitrogens is 6. The van der Waals surface area contributed by atoms with Crippen molar-refractivity contribution in [1.29, 1.82) is 0 Å². The van der Waals surface area contributed by atoms with E-state index in [4.69, 9.17) is 35.3 Å². The number of aliphatic hydroxyl groups excluding tert-OH is 2. The van der Waals surface area contributed by atoms with Crippen LogP contribution in [0.1, 0.15) is 184 Å². The van der Waals surface area contributed by atoms with Crippen molar-refractivity contribution < 1.29 is 101 Å². The molecule has 658 valence electrons. The van der Waals surface area contributed by atoms with Gasteiger partial charge in [-0.1, -0.05) is 243 Å². The average molecular weight is 2380 g/mol. The predicted octanol–water partition coefficient (Wildman–Crippen LogP) is 26.0. The van der Waals surface area contributed by atoms with Crippen LogP contribution in [0.25, 0.3) is 99.9 Å². The SMILES string of the molecule is CC(O)=CC(C)O.CCc1cccc2nc3c(cc12)CCc1c-3[c-]c(C)cc1C.Cc1[c-]c2c(c(C)c1)CCc1cc3c(CC(C)C)cccc3nc1-2.Cc1[c-]c2c(c(C)c1)CCc1cc3c(CC(C)C)cccc3nc1-2.Cc1[c-]c2c(c(C)c1)CCc1cc3c(CC(C)C)cccc3nc1-2.O=C(O)c1ccccn1.[Ir].[Ir].[Ir].[Ir].[c-]1ccccc1-c1ccccn1. The maximum atomic E-state index is 10.1. The minimum atomic E-state index is -0.990. The molecule has 0 aliphatic heterocycles. The Morgan fingerprint density at radius 2 is 0.706 bits per heavy atom. The summed E-state index contributed by atoms with van der Waals surface area (Å²) in [5.74, 6) is 1.15. The summed E-state index contributed by atoms with van der Waals surface area (Å²) in [4.78, 5) is 38.2. The van der Waals surface area contributed by atoms with Gasteiger partial charge in [0.1, 0.15) is 5.69 Å². The van der Waals surface area contributed by atoms with E-state index in [-0.39, 0.29) is 91.9 Å². The summed E-state index contributed by atoms with van der Waals surface area (Å²) in [5, 5.41) is 30.5. The largest absolute Gasteiger partial charge is 0.513 e. The molecule has 4 aliphatic carbocycles. The quantitative estimate of drug-likeness (QED) is 0.0890. The van der Waals surface area contributed by atoms with Gasteiger partial charge in [-0.3, -0.25) is 19.9 Å². The molecule has 6 aromatic heterocycles. The molecule has 19 rings (SSSR count). The van der Waals surface area contributed by atoms with Crippen molar-refractivity contribution in [1.82, 2.24) is 29.9 Å². The topological polar surface area (TPSA) is 155 Å². The summed E-state index contributed by atoms with van der Waals surface area (Å²) in [6.07, 6.45) is 17.2. The Hall–Kier alpha value is -9.51. The average Bonchev–Trinajstić information content (AvgIpc) is 0.769. The number of carbonyl (C=O) groups is 1. The molecule has 6 heterocycles. The van der Waals surface area contributed by atoms with Crippen molar-refractivity contribution in [2.24, 2.45) is 17.8 Å². The fraction of sp³-hybridized carbons (Fsp3) is 0.295. The summed E-state index contributed by atoms with van der Waals surface area (Å²) >= 11 is 0. The van der Waals surface area contributed by atoms with Crippen molar-refractivity contribution in [2.75, 3.05) is 0 Å². The van der Waals surface area contributed by atoms with Crippen molar-refractivity contribution in [3.63, 3.8) is 0 Å². The van der Waals surface area contributed by atoms with Crippen LogP contribution < -0.4 is 0 Å². The minimum Gasteiger partial charge on any atom is -0.513 e. The number of pyridine rings is 6. The Morgan fingerprint density at radius 3 is 0.960 bits per heavy atom. The van der Waals surface area contributed by atoms with E-state index in [9.17, 15) is 4.79 Å². The summed E-state index contributed by atoms with van der Waals surface area (Å²) in [5.41, 5.74) is 43.3. The van der Waals surface area contributed by atoms with Crippen LogP contribution in [0.4, 0.5) is 0 Å².